The SMILES string of the molecule is Cc1ccc(Sc2cc(Br)ccc2CN)cc1. The number of hydrogen-bond acceptors (Lipinski definition) is 2. The van der Waals surface area contributed by atoms with E-state index in [2.05, 4.69) is 59.3 Å². The smallest absolute Gasteiger partial charge is 0.0189 e. The highest BCUT2D eigenvalue weighted by atomic mass is 79.9. The van der Waals surface area contributed by atoms with Crippen molar-refractivity contribution < 1.29 is 0 Å². The summed E-state index contributed by atoms with van der Waals surface area (Å²) in [7, 11) is 0. The topological polar surface area (TPSA) is 26.0 Å². The molecule has 0 aliphatic rings. The molecule has 0 saturated carbocycles. The summed E-state index contributed by atoms with van der Waals surface area (Å²) in [6, 6.07) is 14.8. The first-order valence-corrected chi connectivity index (χ1v) is 7.03. The summed E-state index contributed by atoms with van der Waals surface area (Å²) in [6.07, 6.45) is 0. The van der Waals surface area contributed by atoms with Crippen LogP contribution in [-0.4, -0.2) is 0 Å². The third-order valence-corrected chi connectivity index (χ3v) is 4.10. The van der Waals surface area contributed by atoms with Gasteiger partial charge in [0.2, 0.25) is 0 Å². The molecule has 2 aromatic rings. The second-order valence-electron chi connectivity index (χ2n) is 3.87. The fourth-order valence-corrected chi connectivity index (χ4v) is 3.03. The molecule has 0 aliphatic heterocycles. The molecule has 0 saturated heterocycles. The van der Waals surface area contributed by atoms with Gasteiger partial charge in [0.25, 0.3) is 0 Å². The van der Waals surface area contributed by atoms with Crippen molar-refractivity contribution in [2.24, 2.45) is 5.73 Å². The summed E-state index contributed by atoms with van der Waals surface area (Å²) < 4.78 is 1.09. The van der Waals surface area contributed by atoms with E-state index >= 15 is 0 Å². The first kappa shape index (κ1) is 12.7. The zero-order valence-corrected chi connectivity index (χ0v) is 12.0. The van der Waals surface area contributed by atoms with E-state index in [1.54, 1.807) is 11.8 Å². The molecule has 3 heteroatoms. The first-order chi connectivity index (χ1) is 8.19. The molecule has 0 bridgehead atoms. The third kappa shape index (κ3) is 3.35. The van der Waals surface area contributed by atoms with E-state index in [0.717, 1.165) is 4.47 Å². The van der Waals surface area contributed by atoms with Crippen molar-refractivity contribution in [3.63, 3.8) is 0 Å². The zero-order valence-electron chi connectivity index (χ0n) is 9.61. The van der Waals surface area contributed by atoms with E-state index < -0.39 is 0 Å². The molecule has 0 unspecified atom stereocenters. The van der Waals surface area contributed by atoms with Crippen LogP contribution in [0.3, 0.4) is 0 Å². The zero-order chi connectivity index (χ0) is 12.3. The molecule has 1 nitrogen and oxygen atoms in total. The minimum Gasteiger partial charge on any atom is -0.326 e. The van der Waals surface area contributed by atoms with Gasteiger partial charge < -0.3 is 5.73 Å². The van der Waals surface area contributed by atoms with Crippen LogP contribution in [0.4, 0.5) is 0 Å². The van der Waals surface area contributed by atoms with Crippen LogP contribution in [0.5, 0.6) is 0 Å². The summed E-state index contributed by atoms with van der Waals surface area (Å²) >= 11 is 5.25. The lowest BCUT2D eigenvalue weighted by Gasteiger charge is -2.08. The Kier molecular flexibility index (Phi) is 4.26. The predicted molar refractivity (Wildman–Crippen MR) is 77.3 cm³/mol. The Hall–Kier alpha value is -0.770. The molecule has 17 heavy (non-hydrogen) atoms. The molecular formula is C14H14BrNS. The Labute approximate surface area is 115 Å². The average Bonchev–Trinajstić information content (AvgIpc) is 2.32. The van der Waals surface area contributed by atoms with Gasteiger partial charge in [-0.15, -0.1) is 0 Å². The van der Waals surface area contributed by atoms with Crippen molar-refractivity contribution in [3.8, 4) is 0 Å². The second-order valence-corrected chi connectivity index (χ2v) is 5.90. The summed E-state index contributed by atoms with van der Waals surface area (Å²) in [4.78, 5) is 2.45. The maximum atomic E-state index is 5.75. The van der Waals surface area contributed by atoms with Crippen LogP contribution in [-0.2, 0) is 6.54 Å². The van der Waals surface area contributed by atoms with Crippen LogP contribution in [0, 0.1) is 6.92 Å². The maximum absolute atomic E-state index is 5.75. The van der Waals surface area contributed by atoms with Gasteiger partial charge in [0.15, 0.2) is 0 Å². The Morgan fingerprint density at radius 3 is 2.47 bits per heavy atom. The fourth-order valence-electron chi connectivity index (χ4n) is 1.53. The standard InChI is InChI=1S/C14H14BrNS/c1-10-2-6-13(7-3-10)17-14-8-12(15)5-4-11(14)9-16/h2-8H,9,16H2,1H3. The summed E-state index contributed by atoms with van der Waals surface area (Å²) in [5.74, 6) is 0. The average molecular weight is 308 g/mol. The van der Waals surface area contributed by atoms with Gasteiger partial charge in [-0.1, -0.05) is 51.5 Å². The molecule has 0 aliphatic carbocycles. The quantitative estimate of drug-likeness (QED) is 0.911. The molecule has 0 amide bonds. The molecule has 88 valence electrons. The molecule has 2 N–H and O–H groups in total. The highest BCUT2D eigenvalue weighted by molar-refractivity contribution is 9.10. The fraction of sp³-hybridized carbons (Fsp3) is 0.143. The Morgan fingerprint density at radius 1 is 1.12 bits per heavy atom. The predicted octanol–water partition coefficient (Wildman–Crippen LogP) is 4.37. The molecule has 0 aromatic heterocycles. The lowest BCUT2D eigenvalue weighted by molar-refractivity contribution is 1.02. The van der Waals surface area contributed by atoms with Crippen LogP contribution in [0.25, 0.3) is 0 Å². The Balaban J connectivity index is 2.28. The molecule has 2 aromatic carbocycles. The van der Waals surface area contributed by atoms with Crippen molar-refractivity contribution in [2.45, 2.75) is 23.3 Å². The van der Waals surface area contributed by atoms with Crippen LogP contribution in [0.15, 0.2) is 56.7 Å². The van der Waals surface area contributed by atoms with Gasteiger partial charge >= 0.3 is 0 Å². The highest BCUT2D eigenvalue weighted by Crippen LogP contribution is 2.32. The number of hydrogen-bond donors (Lipinski definition) is 1. The summed E-state index contributed by atoms with van der Waals surface area (Å²) in [6.45, 7) is 2.67. The molecule has 0 atom stereocenters. The van der Waals surface area contributed by atoms with Gasteiger partial charge in [-0.05, 0) is 36.8 Å². The van der Waals surface area contributed by atoms with Gasteiger partial charge in [-0.3, -0.25) is 0 Å². The summed E-state index contributed by atoms with van der Waals surface area (Å²) in [5.41, 5.74) is 8.21. The van der Waals surface area contributed by atoms with Gasteiger partial charge in [0.05, 0.1) is 0 Å². The van der Waals surface area contributed by atoms with E-state index in [9.17, 15) is 0 Å². The molecule has 2 rings (SSSR count). The van der Waals surface area contributed by atoms with E-state index in [0.29, 0.717) is 6.54 Å². The molecule has 0 spiro atoms. The van der Waals surface area contributed by atoms with E-state index in [-0.39, 0.29) is 0 Å². The number of halogens is 1. The minimum absolute atomic E-state index is 0.571. The lowest BCUT2D eigenvalue weighted by atomic mass is 10.2. The van der Waals surface area contributed by atoms with Crippen LogP contribution >= 0.6 is 27.7 Å². The van der Waals surface area contributed by atoms with E-state index in [4.69, 9.17) is 5.73 Å². The highest BCUT2D eigenvalue weighted by Gasteiger charge is 2.04. The van der Waals surface area contributed by atoms with Crippen molar-refractivity contribution in [3.05, 3.63) is 58.1 Å². The molecule has 0 heterocycles. The monoisotopic (exact) mass is 307 g/mol. The van der Waals surface area contributed by atoms with Gasteiger partial charge in [0.1, 0.15) is 0 Å². The van der Waals surface area contributed by atoms with Gasteiger partial charge in [0, 0.05) is 20.8 Å². The number of aryl methyl sites for hydroxylation is 1. The van der Waals surface area contributed by atoms with Crippen molar-refractivity contribution >= 4 is 27.7 Å². The molecular weight excluding hydrogens is 294 g/mol. The summed E-state index contributed by atoms with van der Waals surface area (Å²) in [5, 5.41) is 0. The lowest BCUT2D eigenvalue weighted by Crippen LogP contribution is -1.97. The van der Waals surface area contributed by atoms with Crippen molar-refractivity contribution in [1.82, 2.24) is 0 Å². The first-order valence-electron chi connectivity index (χ1n) is 5.42. The number of benzene rings is 2. The normalized spacial score (nSPS) is 10.5. The Morgan fingerprint density at radius 2 is 1.82 bits per heavy atom. The molecule has 0 radical (unpaired) electrons. The number of nitrogens with two attached hydrogens (primary N) is 1. The van der Waals surface area contributed by atoms with Crippen molar-refractivity contribution in [1.29, 1.82) is 0 Å². The second kappa shape index (κ2) is 5.71. The van der Waals surface area contributed by atoms with E-state index in [1.807, 2.05) is 6.07 Å². The maximum Gasteiger partial charge on any atom is 0.0189 e. The minimum atomic E-state index is 0.571. The van der Waals surface area contributed by atoms with Crippen LogP contribution < -0.4 is 5.73 Å². The van der Waals surface area contributed by atoms with E-state index in [1.165, 1.54) is 20.9 Å². The third-order valence-electron chi connectivity index (χ3n) is 2.50. The molecule has 0 fully saturated rings. The van der Waals surface area contributed by atoms with Gasteiger partial charge in [-0.25, -0.2) is 0 Å². The van der Waals surface area contributed by atoms with Crippen molar-refractivity contribution in [2.75, 3.05) is 0 Å². The largest absolute Gasteiger partial charge is 0.326 e. The van der Waals surface area contributed by atoms with Gasteiger partial charge in [-0.2, -0.15) is 0 Å². The number of rotatable bonds is 3. The Bertz CT molecular complexity index is 508. The van der Waals surface area contributed by atoms with Crippen LogP contribution in [0.1, 0.15) is 11.1 Å². The van der Waals surface area contributed by atoms with Crippen LogP contribution in [0.2, 0.25) is 0 Å².